The van der Waals surface area contributed by atoms with Gasteiger partial charge in [-0.3, -0.25) is 0 Å². The minimum atomic E-state index is 0.603. The van der Waals surface area contributed by atoms with Crippen LogP contribution in [0.2, 0.25) is 10.0 Å². The summed E-state index contributed by atoms with van der Waals surface area (Å²) in [5.74, 6) is 0. The van der Waals surface area contributed by atoms with Crippen LogP contribution in [0.15, 0.2) is 47.2 Å². The standard InChI is InChI=1S/C14H9BrCl2N2/c15-10-3-1-6-13-14(10)18-8-19(13)7-9-11(16)4-2-5-12(9)17/h1-6,8H,7H2. The summed E-state index contributed by atoms with van der Waals surface area (Å²) >= 11 is 15.9. The summed E-state index contributed by atoms with van der Waals surface area (Å²) in [5, 5.41) is 1.34. The lowest BCUT2D eigenvalue weighted by atomic mass is 10.2. The summed E-state index contributed by atoms with van der Waals surface area (Å²) < 4.78 is 3.02. The Morgan fingerprint density at radius 2 is 1.74 bits per heavy atom. The van der Waals surface area contributed by atoms with Crippen LogP contribution in [0, 0.1) is 0 Å². The van der Waals surface area contributed by atoms with E-state index < -0.39 is 0 Å². The highest BCUT2D eigenvalue weighted by Crippen LogP contribution is 2.28. The molecule has 5 heteroatoms. The molecule has 0 aliphatic carbocycles. The maximum absolute atomic E-state index is 6.20. The molecule has 2 aromatic carbocycles. The average molecular weight is 356 g/mol. The van der Waals surface area contributed by atoms with E-state index in [1.165, 1.54) is 0 Å². The van der Waals surface area contributed by atoms with Crippen LogP contribution in [0.1, 0.15) is 5.56 Å². The minimum Gasteiger partial charge on any atom is -0.326 e. The maximum Gasteiger partial charge on any atom is 0.103 e. The Labute approximate surface area is 129 Å². The Kier molecular flexibility index (Phi) is 3.52. The third-order valence-corrected chi connectivity index (χ3v) is 4.34. The van der Waals surface area contributed by atoms with Gasteiger partial charge in [-0.05, 0) is 40.2 Å². The lowest BCUT2D eigenvalue weighted by Gasteiger charge is -2.08. The number of fused-ring (bicyclic) bond motifs is 1. The van der Waals surface area contributed by atoms with Crippen molar-refractivity contribution >= 4 is 50.2 Å². The second-order valence-corrected chi connectivity index (χ2v) is 5.85. The molecule has 96 valence electrons. The normalized spacial score (nSPS) is 11.1. The summed E-state index contributed by atoms with van der Waals surface area (Å²) in [5.41, 5.74) is 2.89. The van der Waals surface area contributed by atoms with E-state index in [2.05, 4.69) is 20.9 Å². The topological polar surface area (TPSA) is 17.8 Å². The first-order valence-corrected chi connectivity index (χ1v) is 7.24. The molecular formula is C14H9BrCl2N2. The molecule has 0 fully saturated rings. The molecule has 0 saturated heterocycles. The highest BCUT2D eigenvalue weighted by Gasteiger charge is 2.10. The lowest BCUT2D eigenvalue weighted by Crippen LogP contribution is -1.99. The van der Waals surface area contributed by atoms with E-state index in [-0.39, 0.29) is 0 Å². The number of nitrogens with zero attached hydrogens (tertiary/aromatic N) is 2. The fourth-order valence-electron chi connectivity index (χ4n) is 2.03. The van der Waals surface area contributed by atoms with Crippen molar-refractivity contribution in [1.82, 2.24) is 9.55 Å². The number of para-hydroxylation sites is 1. The number of halogens is 3. The zero-order chi connectivity index (χ0) is 13.4. The number of hydrogen-bond donors (Lipinski definition) is 0. The van der Waals surface area contributed by atoms with Gasteiger partial charge in [-0.2, -0.15) is 0 Å². The van der Waals surface area contributed by atoms with Gasteiger partial charge in [-0.15, -0.1) is 0 Å². The first kappa shape index (κ1) is 13.0. The van der Waals surface area contributed by atoms with Crippen molar-refractivity contribution < 1.29 is 0 Å². The van der Waals surface area contributed by atoms with Gasteiger partial charge in [-0.1, -0.05) is 35.3 Å². The fraction of sp³-hybridized carbons (Fsp3) is 0.0714. The third kappa shape index (κ3) is 2.38. The maximum atomic E-state index is 6.20. The molecule has 0 bridgehead atoms. The molecule has 3 rings (SSSR count). The summed E-state index contributed by atoms with van der Waals surface area (Å²) in [6.45, 7) is 0.603. The Hall–Kier alpha value is -1.03. The van der Waals surface area contributed by atoms with Crippen LogP contribution in [0.4, 0.5) is 0 Å². The number of hydrogen-bond acceptors (Lipinski definition) is 1. The molecule has 0 spiro atoms. The zero-order valence-corrected chi connectivity index (χ0v) is 12.9. The highest BCUT2D eigenvalue weighted by molar-refractivity contribution is 9.10. The molecule has 1 heterocycles. The molecular weight excluding hydrogens is 347 g/mol. The molecule has 0 atom stereocenters. The van der Waals surface area contributed by atoms with E-state index >= 15 is 0 Å². The Balaban J connectivity index is 2.09. The van der Waals surface area contributed by atoms with Crippen LogP contribution in [0.3, 0.4) is 0 Å². The summed E-state index contributed by atoms with van der Waals surface area (Å²) in [6.07, 6.45) is 1.80. The predicted molar refractivity (Wildman–Crippen MR) is 83.0 cm³/mol. The first-order chi connectivity index (χ1) is 9.16. The molecule has 0 saturated carbocycles. The van der Waals surface area contributed by atoms with Crippen molar-refractivity contribution in [2.75, 3.05) is 0 Å². The van der Waals surface area contributed by atoms with E-state index in [9.17, 15) is 0 Å². The molecule has 19 heavy (non-hydrogen) atoms. The number of rotatable bonds is 2. The fourth-order valence-corrected chi connectivity index (χ4v) is 3.01. The molecule has 0 unspecified atom stereocenters. The van der Waals surface area contributed by atoms with Crippen molar-refractivity contribution in [3.05, 3.63) is 62.8 Å². The van der Waals surface area contributed by atoms with Crippen LogP contribution in [-0.2, 0) is 6.54 Å². The van der Waals surface area contributed by atoms with E-state index in [1.54, 1.807) is 6.33 Å². The van der Waals surface area contributed by atoms with Gasteiger partial charge in [0.25, 0.3) is 0 Å². The monoisotopic (exact) mass is 354 g/mol. The molecule has 2 nitrogen and oxygen atoms in total. The molecule has 0 N–H and O–H groups in total. The largest absolute Gasteiger partial charge is 0.326 e. The van der Waals surface area contributed by atoms with Gasteiger partial charge < -0.3 is 4.57 Å². The molecule has 0 aliphatic heterocycles. The van der Waals surface area contributed by atoms with Crippen molar-refractivity contribution in [3.63, 3.8) is 0 Å². The van der Waals surface area contributed by atoms with Crippen molar-refractivity contribution in [2.45, 2.75) is 6.54 Å². The van der Waals surface area contributed by atoms with Crippen LogP contribution in [0.25, 0.3) is 11.0 Å². The van der Waals surface area contributed by atoms with Crippen molar-refractivity contribution in [3.8, 4) is 0 Å². The van der Waals surface area contributed by atoms with Crippen LogP contribution in [0.5, 0.6) is 0 Å². The Morgan fingerprint density at radius 3 is 2.47 bits per heavy atom. The van der Waals surface area contributed by atoms with Crippen LogP contribution >= 0.6 is 39.1 Å². The number of benzene rings is 2. The van der Waals surface area contributed by atoms with Crippen molar-refractivity contribution in [1.29, 1.82) is 0 Å². The third-order valence-electron chi connectivity index (χ3n) is 2.99. The number of aromatic nitrogens is 2. The minimum absolute atomic E-state index is 0.603. The Bertz CT molecular complexity index is 732. The summed E-state index contributed by atoms with van der Waals surface area (Å²) in [7, 11) is 0. The van der Waals surface area contributed by atoms with Gasteiger partial charge in [0.05, 0.1) is 18.4 Å². The summed E-state index contributed by atoms with van der Waals surface area (Å²) in [6, 6.07) is 11.5. The lowest BCUT2D eigenvalue weighted by molar-refractivity contribution is 0.825. The van der Waals surface area contributed by atoms with Crippen LogP contribution < -0.4 is 0 Å². The smallest absolute Gasteiger partial charge is 0.103 e. The van der Waals surface area contributed by atoms with E-state index in [1.807, 2.05) is 41.0 Å². The second-order valence-electron chi connectivity index (χ2n) is 4.18. The Morgan fingerprint density at radius 1 is 1.05 bits per heavy atom. The summed E-state index contributed by atoms with van der Waals surface area (Å²) in [4.78, 5) is 4.40. The zero-order valence-electron chi connectivity index (χ0n) is 9.78. The first-order valence-electron chi connectivity index (χ1n) is 5.69. The van der Waals surface area contributed by atoms with Gasteiger partial charge >= 0.3 is 0 Å². The van der Waals surface area contributed by atoms with E-state index in [4.69, 9.17) is 23.2 Å². The number of imidazole rings is 1. The highest BCUT2D eigenvalue weighted by atomic mass is 79.9. The van der Waals surface area contributed by atoms with Crippen LogP contribution in [-0.4, -0.2) is 9.55 Å². The van der Waals surface area contributed by atoms with E-state index in [0.717, 1.165) is 21.1 Å². The average Bonchev–Trinajstić information content (AvgIpc) is 2.79. The molecule has 1 aromatic heterocycles. The van der Waals surface area contributed by atoms with Gasteiger partial charge in [0.2, 0.25) is 0 Å². The van der Waals surface area contributed by atoms with Gasteiger partial charge in [0.15, 0.2) is 0 Å². The predicted octanol–water partition coefficient (Wildman–Crippen LogP) is 5.15. The van der Waals surface area contributed by atoms with Gasteiger partial charge in [-0.25, -0.2) is 4.98 Å². The molecule has 0 radical (unpaired) electrons. The molecule has 0 amide bonds. The second kappa shape index (κ2) is 5.16. The quantitative estimate of drug-likeness (QED) is 0.621. The molecule has 3 aromatic rings. The van der Waals surface area contributed by atoms with Gasteiger partial charge in [0, 0.05) is 20.1 Å². The van der Waals surface area contributed by atoms with E-state index in [0.29, 0.717) is 16.6 Å². The molecule has 0 aliphatic rings. The SMILES string of the molecule is Clc1cccc(Cl)c1Cn1cnc2c(Br)cccc21. The van der Waals surface area contributed by atoms with Crippen molar-refractivity contribution in [2.24, 2.45) is 0 Å². The van der Waals surface area contributed by atoms with Gasteiger partial charge in [0.1, 0.15) is 5.52 Å².